The Labute approximate surface area is 228 Å². The molecule has 0 amide bonds. The predicted octanol–water partition coefficient (Wildman–Crippen LogP) is 1.24. The second kappa shape index (κ2) is 10.3. The summed E-state index contributed by atoms with van der Waals surface area (Å²) in [5, 5.41) is 0. The molecule has 2 aliphatic carbocycles. The van der Waals surface area contributed by atoms with Gasteiger partial charge in [-0.15, -0.1) is 0 Å². The Hall–Kier alpha value is -1.67. The molecule has 0 saturated heterocycles. The number of benzene rings is 4. The zero-order chi connectivity index (χ0) is 20.2. The van der Waals surface area contributed by atoms with E-state index in [1.54, 1.807) is 11.1 Å². The number of hydrogen-bond donors (Lipinski definition) is 0. The average Bonchev–Trinajstić information content (AvgIpc) is 3.34. The first-order chi connectivity index (χ1) is 14.7. The second-order valence-corrected chi connectivity index (χ2v) is 8.96. The quantitative estimate of drug-likeness (QED) is 0.257. The third-order valence-corrected chi connectivity index (χ3v) is 7.21. The standard InChI is InChI=1S/C30H26.2ClH.Hf/c1-19-11-13-21(27-17-23-7-3-5-9-25(23)29(19)27)15-16-22-14-12-20(2)30-26-10-6-4-8-24(26)18-28(22)30;;;/h3-14H,15-18H2,1-2H3;2*1H;/q;;;+2/p-2. The molecule has 0 aromatic heterocycles. The Morgan fingerprint density at radius 3 is 1.36 bits per heavy atom. The van der Waals surface area contributed by atoms with E-state index in [9.17, 15) is 0 Å². The molecule has 0 spiro atoms. The van der Waals surface area contributed by atoms with E-state index in [4.69, 9.17) is 0 Å². The molecule has 3 heteroatoms. The largest absolute Gasteiger partial charge is 2.00 e. The van der Waals surface area contributed by atoms with E-state index >= 15 is 0 Å². The smallest absolute Gasteiger partial charge is 1.00 e. The van der Waals surface area contributed by atoms with Crippen molar-refractivity contribution in [3.63, 3.8) is 0 Å². The van der Waals surface area contributed by atoms with E-state index in [0.717, 1.165) is 25.7 Å². The first-order valence-corrected chi connectivity index (χ1v) is 11.1. The van der Waals surface area contributed by atoms with Crippen molar-refractivity contribution in [2.75, 3.05) is 0 Å². The molecule has 4 aromatic carbocycles. The van der Waals surface area contributed by atoms with Crippen LogP contribution in [-0.2, 0) is 51.5 Å². The molecule has 0 fully saturated rings. The Morgan fingerprint density at radius 2 is 0.939 bits per heavy atom. The zero-order valence-electron chi connectivity index (χ0n) is 19.0. The van der Waals surface area contributed by atoms with Gasteiger partial charge in [-0.3, -0.25) is 0 Å². The normalized spacial score (nSPS) is 11.8. The minimum atomic E-state index is 0. The van der Waals surface area contributed by atoms with Crippen molar-refractivity contribution in [3.05, 3.63) is 117 Å². The average molecular weight is 636 g/mol. The van der Waals surface area contributed by atoms with Gasteiger partial charge in [-0.05, 0) is 106 Å². The van der Waals surface area contributed by atoms with Gasteiger partial charge in [-0.1, -0.05) is 72.8 Å². The van der Waals surface area contributed by atoms with Gasteiger partial charge in [-0.25, -0.2) is 0 Å². The number of halogens is 2. The van der Waals surface area contributed by atoms with Crippen molar-refractivity contribution in [2.24, 2.45) is 0 Å². The minimum absolute atomic E-state index is 0. The molecule has 0 radical (unpaired) electrons. The van der Waals surface area contributed by atoms with Crippen molar-refractivity contribution in [1.82, 2.24) is 0 Å². The van der Waals surface area contributed by atoms with Crippen molar-refractivity contribution in [1.29, 1.82) is 0 Å². The fourth-order valence-corrected chi connectivity index (χ4v) is 5.73. The van der Waals surface area contributed by atoms with E-state index in [1.807, 2.05) is 0 Å². The van der Waals surface area contributed by atoms with Gasteiger partial charge in [0, 0.05) is 0 Å². The summed E-state index contributed by atoms with van der Waals surface area (Å²) in [6.45, 7) is 4.52. The van der Waals surface area contributed by atoms with Crippen LogP contribution in [0, 0.1) is 13.8 Å². The number of aryl methyl sites for hydroxylation is 4. The Kier molecular flexibility index (Phi) is 8.10. The monoisotopic (exact) mass is 636 g/mol. The van der Waals surface area contributed by atoms with Crippen LogP contribution in [0.3, 0.4) is 0 Å². The molecular formula is C30H26Cl2Hf. The summed E-state index contributed by atoms with van der Waals surface area (Å²) in [6, 6.07) is 27.3. The summed E-state index contributed by atoms with van der Waals surface area (Å²) >= 11 is 0. The second-order valence-electron chi connectivity index (χ2n) is 8.96. The first kappa shape index (κ1) is 25.9. The summed E-state index contributed by atoms with van der Waals surface area (Å²) in [6.07, 6.45) is 4.39. The number of hydrogen-bond acceptors (Lipinski definition) is 0. The summed E-state index contributed by atoms with van der Waals surface area (Å²) in [7, 11) is 0. The van der Waals surface area contributed by atoms with Crippen LogP contribution in [0.5, 0.6) is 0 Å². The van der Waals surface area contributed by atoms with Gasteiger partial charge in [0.25, 0.3) is 0 Å². The van der Waals surface area contributed by atoms with Crippen LogP contribution < -0.4 is 24.8 Å². The van der Waals surface area contributed by atoms with Crippen LogP contribution in [0.2, 0.25) is 0 Å². The fourth-order valence-electron chi connectivity index (χ4n) is 5.73. The van der Waals surface area contributed by atoms with Crippen LogP contribution in [0.25, 0.3) is 22.3 Å². The van der Waals surface area contributed by atoms with Gasteiger partial charge in [0.1, 0.15) is 0 Å². The molecule has 0 unspecified atom stereocenters. The van der Waals surface area contributed by atoms with Gasteiger partial charge >= 0.3 is 25.8 Å². The van der Waals surface area contributed by atoms with Gasteiger partial charge in [-0.2, -0.15) is 0 Å². The summed E-state index contributed by atoms with van der Waals surface area (Å²) < 4.78 is 0. The Bertz CT molecular complexity index is 1220. The van der Waals surface area contributed by atoms with E-state index in [0.29, 0.717) is 0 Å². The summed E-state index contributed by atoms with van der Waals surface area (Å²) in [5.41, 5.74) is 17.8. The van der Waals surface area contributed by atoms with Crippen molar-refractivity contribution >= 4 is 0 Å². The molecule has 0 N–H and O–H groups in total. The van der Waals surface area contributed by atoms with E-state index in [1.165, 1.54) is 55.6 Å². The first-order valence-electron chi connectivity index (χ1n) is 11.1. The van der Waals surface area contributed by atoms with Crippen LogP contribution in [0.4, 0.5) is 0 Å². The molecule has 0 bridgehead atoms. The van der Waals surface area contributed by atoms with Crippen LogP contribution in [0.1, 0.15) is 44.5 Å². The Balaban J connectivity index is 0.00000102. The minimum Gasteiger partial charge on any atom is -1.00 e. The summed E-state index contributed by atoms with van der Waals surface area (Å²) in [4.78, 5) is 0. The van der Waals surface area contributed by atoms with Gasteiger partial charge in [0.2, 0.25) is 0 Å². The third kappa shape index (κ3) is 4.29. The maximum Gasteiger partial charge on any atom is 2.00 e. The SMILES string of the molecule is Cc1ccc(CCc2ccc(C)c3c2Cc2ccccc2-3)c2c1-c1ccccc1C2.[Cl-].[Cl-].[Hf+2]. The molecule has 6 rings (SSSR count). The van der Waals surface area contributed by atoms with Gasteiger partial charge in [0.15, 0.2) is 0 Å². The fraction of sp³-hybridized carbons (Fsp3) is 0.200. The predicted molar refractivity (Wildman–Crippen MR) is 126 cm³/mol. The van der Waals surface area contributed by atoms with Crippen molar-refractivity contribution < 1.29 is 50.7 Å². The number of fused-ring (bicyclic) bond motifs is 6. The molecule has 2 aliphatic rings. The molecular weight excluding hydrogens is 610 g/mol. The zero-order valence-corrected chi connectivity index (χ0v) is 24.1. The van der Waals surface area contributed by atoms with Crippen LogP contribution >= 0.6 is 0 Å². The van der Waals surface area contributed by atoms with Crippen molar-refractivity contribution in [3.8, 4) is 22.3 Å². The van der Waals surface area contributed by atoms with Gasteiger partial charge in [0.05, 0.1) is 0 Å². The van der Waals surface area contributed by atoms with E-state index < -0.39 is 0 Å². The Morgan fingerprint density at radius 1 is 0.545 bits per heavy atom. The molecule has 4 aromatic rings. The maximum atomic E-state index is 2.38. The number of rotatable bonds is 3. The molecule has 0 atom stereocenters. The molecule has 0 saturated carbocycles. The van der Waals surface area contributed by atoms with E-state index in [-0.39, 0.29) is 50.7 Å². The maximum absolute atomic E-state index is 2.38. The molecule has 33 heavy (non-hydrogen) atoms. The van der Waals surface area contributed by atoms with E-state index in [2.05, 4.69) is 86.6 Å². The third-order valence-electron chi connectivity index (χ3n) is 7.21. The van der Waals surface area contributed by atoms with Crippen LogP contribution in [-0.4, -0.2) is 0 Å². The van der Waals surface area contributed by atoms with Crippen molar-refractivity contribution in [2.45, 2.75) is 39.5 Å². The molecule has 0 nitrogen and oxygen atoms in total. The van der Waals surface area contributed by atoms with Crippen LogP contribution in [0.15, 0.2) is 72.8 Å². The summed E-state index contributed by atoms with van der Waals surface area (Å²) in [5.74, 6) is 0. The van der Waals surface area contributed by atoms with Gasteiger partial charge < -0.3 is 24.8 Å². The molecule has 164 valence electrons. The molecule has 0 heterocycles. The molecule has 0 aliphatic heterocycles. The topological polar surface area (TPSA) is 0 Å².